The van der Waals surface area contributed by atoms with E-state index in [-0.39, 0.29) is 0 Å². The second kappa shape index (κ2) is 10.9. The first-order chi connectivity index (χ1) is 25.3. The van der Waals surface area contributed by atoms with E-state index in [1.807, 2.05) is 6.07 Å². The lowest BCUT2D eigenvalue weighted by Crippen LogP contribution is -1.93. The van der Waals surface area contributed by atoms with Crippen molar-refractivity contribution in [2.24, 2.45) is 0 Å². The Hall–Kier alpha value is -6.70. The highest BCUT2D eigenvalue weighted by atomic mass is 16.3. The van der Waals surface area contributed by atoms with Gasteiger partial charge in [-0.15, -0.1) is 0 Å². The molecule has 0 aliphatic rings. The number of fused-ring (bicyclic) bond motifs is 9. The summed E-state index contributed by atoms with van der Waals surface area (Å²) in [5.41, 5.74) is 9.03. The molecule has 1 heterocycles. The lowest BCUT2D eigenvalue weighted by Gasteiger charge is -2.20. The molecule has 0 N–H and O–H groups in total. The second-order valence-corrected chi connectivity index (χ2v) is 13.6. The molecule has 51 heavy (non-hydrogen) atoms. The fourth-order valence-corrected chi connectivity index (χ4v) is 8.51. The van der Waals surface area contributed by atoms with Gasteiger partial charge >= 0.3 is 0 Å². The Morgan fingerprint density at radius 2 is 0.843 bits per heavy atom. The molecule has 0 amide bonds. The molecule has 11 aromatic rings. The molecule has 0 aliphatic heterocycles. The van der Waals surface area contributed by atoms with Crippen molar-refractivity contribution in [1.82, 2.24) is 0 Å². The van der Waals surface area contributed by atoms with Crippen molar-refractivity contribution in [2.75, 3.05) is 0 Å². The molecule has 0 saturated carbocycles. The molecule has 10 aromatic carbocycles. The minimum Gasteiger partial charge on any atom is -0.455 e. The Balaban J connectivity index is 1.31. The lowest BCUT2D eigenvalue weighted by molar-refractivity contribution is 0.670. The van der Waals surface area contributed by atoms with Gasteiger partial charge in [0, 0.05) is 21.9 Å². The predicted molar refractivity (Wildman–Crippen MR) is 218 cm³/mol. The summed E-state index contributed by atoms with van der Waals surface area (Å²) in [6, 6.07) is 66.4. The number of furan rings is 1. The van der Waals surface area contributed by atoms with Crippen LogP contribution in [-0.4, -0.2) is 0 Å². The highest BCUT2D eigenvalue weighted by Crippen LogP contribution is 2.49. The van der Waals surface area contributed by atoms with Gasteiger partial charge in [0.15, 0.2) is 0 Å². The first-order valence-corrected chi connectivity index (χ1v) is 17.6. The first-order valence-electron chi connectivity index (χ1n) is 17.6. The molecular weight excluding hydrogens is 617 g/mol. The van der Waals surface area contributed by atoms with Gasteiger partial charge in [-0.05, 0) is 100 Å². The van der Waals surface area contributed by atoms with Crippen LogP contribution in [0.2, 0.25) is 0 Å². The van der Waals surface area contributed by atoms with Crippen molar-refractivity contribution in [3.8, 4) is 33.4 Å². The van der Waals surface area contributed by atoms with Crippen LogP contribution in [0.1, 0.15) is 0 Å². The monoisotopic (exact) mass is 646 g/mol. The standard InChI is InChI=1S/C50H30O/c1-2-13-32-28-33(25-24-31(32)12-1)34-26-27-42-46(29-34)49(44-22-11-21-43-39-18-9-10-23-47(39)51-50(43)44)41-20-8-7-19-40(41)48(42)45-30-35-14-3-4-15-36(35)37-16-5-6-17-38(37)45/h1-30H. The highest BCUT2D eigenvalue weighted by molar-refractivity contribution is 6.27. The van der Waals surface area contributed by atoms with Crippen molar-refractivity contribution in [1.29, 1.82) is 0 Å². The second-order valence-electron chi connectivity index (χ2n) is 13.6. The molecule has 0 radical (unpaired) electrons. The van der Waals surface area contributed by atoms with E-state index < -0.39 is 0 Å². The maximum atomic E-state index is 6.72. The lowest BCUT2D eigenvalue weighted by atomic mass is 9.82. The SMILES string of the molecule is c1ccc2cc(-c3ccc4c(-c5cc6ccccc6c6ccccc56)c5ccccc5c(-c5cccc6c5oc5ccccc56)c4c3)ccc2c1. The third-order valence-corrected chi connectivity index (χ3v) is 10.8. The van der Waals surface area contributed by atoms with Crippen LogP contribution in [0.15, 0.2) is 186 Å². The Morgan fingerprint density at radius 3 is 1.67 bits per heavy atom. The van der Waals surface area contributed by atoms with Crippen LogP contribution in [0.25, 0.3) is 109 Å². The van der Waals surface area contributed by atoms with Crippen LogP contribution in [0.4, 0.5) is 0 Å². The van der Waals surface area contributed by atoms with Gasteiger partial charge in [-0.3, -0.25) is 0 Å². The van der Waals surface area contributed by atoms with Crippen LogP contribution < -0.4 is 0 Å². The van der Waals surface area contributed by atoms with E-state index in [0.717, 1.165) is 27.5 Å². The van der Waals surface area contributed by atoms with E-state index in [0.29, 0.717) is 0 Å². The summed E-state index contributed by atoms with van der Waals surface area (Å²) < 4.78 is 6.72. The molecule has 0 bridgehead atoms. The van der Waals surface area contributed by atoms with Crippen LogP contribution in [0, 0.1) is 0 Å². The summed E-state index contributed by atoms with van der Waals surface area (Å²) >= 11 is 0. The van der Waals surface area contributed by atoms with E-state index in [4.69, 9.17) is 4.42 Å². The molecule has 1 aromatic heterocycles. The van der Waals surface area contributed by atoms with Crippen LogP contribution in [-0.2, 0) is 0 Å². The summed E-state index contributed by atoms with van der Waals surface area (Å²) in [5.74, 6) is 0. The van der Waals surface area contributed by atoms with Gasteiger partial charge in [-0.25, -0.2) is 0 Å². The molecule has 0 unspecified atom stereocenters. The van der Waals surface area contributed by atoms with Crippen LogP contribution >= 0.6 is 0 Å². The molecule has 0 atom stereocenters. The quantitative estimate of drug-likeness (QED) is 0.138. The average molecular weight is 647 g/mol. The van der Waals surface area contributed by atoms with E-state index in [9.17, 15) is 0 Å². The van der Waals surface area contributed by atoms with E-state index in [2.05, 4.69) is 176 Å². The molecule has 0 fully saturated rings. The van der Waals surface area contributed by atoms with Gasteiger partial charge in [-0.1, -0.05) is 158 Å². The van der Waals surface area contributed by atoms with Crippen molar-refractivity contribution >= 4 is 75.8 Å². The van der Waals surface area contributed by atoms with Crippen molar-refractivity contribution in [3.05, 3.63) is 182 Å². The van der Waals surface area contributed by atoms with Crippen molar-refractivity contribution in [3.63, 3.8) is 0 Å². The third kappa shape index (κ3) is 4.22. The minimum atomic E-state index is 0.907. The molecular formula is C50H30O. The normalized spacial score (nSPS) is 11.9. The summed E-state index contributed by atoms with van der Waals surface area (Å²) in [4.78, 5) is 0. The zero-order valence-electron chi connectivity index (χ0n) is 27.7. The maximum absolute atomic E-state index is 6.72. The summed E-state index contributed by atoms with van der Waals surface area (Å²) in [6.07, 6.45) is 0. The summed E-state index contributed by atoms with van der Waals surface area (Å²) in [5, 5.41) is 14.7. The Labute approximate surface area is 294 Å². The fourth-order valence-electron chi connectivity index (χ4n) is 8.51. The molecule has 0 spiro atoms. The Bertz CT molecular complexity index is 3200. The number of benzene rings is 10. The highest BCUT2D eigenvalue weighted by Gasteiger charge is 2.22. The zero-order chi connectivity index (χ0) is 33.5. The molecule has 11 rings (SSSR count). The molecule has 1 nitrogen and oxygen atoms in total. The number of rotatable bonds is 3. The van der Waals surface area contributed by atoms with E-state index in [1.165, 1.54) is 81.7 Å². The Kier molecular flexibility index (Phi) is 6.02. The predicted octanol–water partition coefficient (Wildman–Crippen LogP) is 14.4. The van der Waals surface area contributed by atoms with Gasteiger partial charge in [0.25, 0.3) is 0 Å². The van der Waals surface area contributed by atoms with E-state index in [1.54, 1.807) is 0 Å². The Morgan fingerprint density at radius 1 is 0.275 bits per heavy atom. The smallest absolute Gasteiger partial charge is 0.143 e. The third-order valence-electron chi connectivity index (χ3n) is 10.8. The first kappa shape index (κ1) is 28.2. The van der Waals surface area contributed by atoms with E-state index >= 15 is 0 Å². The fraction of sp³-hybridized carbons (Fsp3) is 0. The largest absolute Gasteiger partial charge is 0.455 e. The zero-order valence-corrected chi connectivity index (χ0v) is 27.7. The number of para-hydroxylation sites is 2. The summed E-state index contributed by atoms with van der Waals surface area (Å²) in [6.45, 7) is 0. The molecule has 236 valence electrons. The van der Waals surface area contributed by atoms with Gasteiger partial charge in [0.05, 0.1) is 0 Å². The maximum Gasteiger partial charge on any atom is 0.143 e. The topological polar surface area (TPSA) is 13.1 Å². The van der Waals surface area contributed by atoms with Crippen LogP contribution in [0.5, 0.6) is 0 Å². The summed E-state index contributed by atoms with van der Waals surface area (Å²) in [7, 11) is 0. The molecule has 1 heteroatoms. The van der Waals surface area contributed by atoms with Crippen molar-refractivity contribution < 1.29 is 4.42 Å². The van der Waals surface area contributed by atoms with Gasteiger partial charge in [-0.2, -0.15) is 0 Å². The van der Waals surface area contributed by atoms with Gasteiger partial charge in [0.1, 0.15) is 11.2 Å². The average Bonchev–Trinajstić information content (AvgIpc) is 3.59. The minimum absolute atomic E-state index is 0.907. The van der Waals surface area contributed by atoms with Crippen molar-refractivity contribution in [2.45, 2.75) is 0 Å². The molecule has 0 saturated heterocycles. The van der Waals surface area contributed by atoms with Gasteiger partial charge in [0.2, 0.25) is 0 Å². The number of hydrogen-bond acceptors (Lipinski definition) is 1. The molecule has 0 aliphatic carbocycles. The van der Waals surface area contributed by atoms with Gasteiger partial charge < -0.3 is 4.42 Å². The van der Waals surface area contributed by atoms with Crippen LogP contribution in [0.3, 0.4) is 0 Å². The number of hydrogen-bond donors (Lipinski definition) is 0.